The van der Waals surface area contributed by atoms with Crippen LogP contribution in [0.3, 0.4) is 0 Å². The topological polar surface area (TPSA) is 86.0 Å². The molecule has 0 bridgehead atoms. The van der Waals surface area contributed by atoms with Crippen molar-refractivity contribution in [1.82, 2.24) is 29.4 Å². The Kier molecular flexibility index (Phi) is 4.60. The van der Waals surface area contributed by atoms with E-state index in [4.69, 9.17) is 4.74 Å². The molecule has 0 aromatic carbocycles. The van der Waals surface area contributed by atoms with Crippen LogP contribution < -0.4 is 4.74 Å². The molecule has 30 heavy (non-hydrogen) atoms. The van der Waals surface area contributed by atoms with E-state index in [0.29, 0.717) is 53.8 Å². The number of likely N-dealkylation sites (tertiary alicyclic amines) is 1. The third kappa shape index (κ3) is 3.28. The second kappa shape index (κ2) is 7.30. The molecule has 1 saturated heterocycles. The van der Waals surface area contributed by atoms with E-state index in [1.54, 1.807) is 13.1 Å². The molecule has 0 radical (unpaired) electrons. The van der Waals surface area contributed by atoms with Crippen LogP contribution in [0.4, 0.5) is 4.39 Å². The molecular weight excluding hydrogens is 387 g/mol. The molecule has 3 aromatic rings. The molecule has 9 heteroatoms. The van der Waals surface area contributed by atoms with Crippen LogP contribution >= 0.6 is 0 Å². The van der Waals surface area contributed by atoms with Gasteiger partial charge in [-0.2, -0.15) is 4.98 Å². The van der Waals surface area contributed by atoms with Gasteiger partial charge in [0.15, 0.2) is 11.2 Å². The number of fused-ring (bicyclic) bond motifs is 1. The van der Waals surface area contributed by atoms with Crippen LogP contribution in [0.5, 0.6) is 5.88 Å². The average Bonchev–Trinajstić information content (AvgIpc) is 3.37. The van der Waals surface area contributed by atoms with Gasteiger partial charge >= 0.3 is 0 Å². The van der Waals surface area contributed by atoms with E-state index in [9.17, 15) is 9.18 Å². The van der Waals surface area contributed by atoms with Crippen LogP contribution in [0.2, 0.25) is 0 Å². The molecule has 2 aliphatic rings. The number of imidazole rings is 1. The van der Waals surface area contributed by atoms with E-state index in [-0.39, 0.29) is 23.7 Å². The van der Waals surface area contributed by atoms with E-state index >= 15 is 0 Å². The van der Waals surface area contributed by atoms with Gasteiger partial charge in [0.2, 0.25) is 11.8 Å². The van der Waals surface area contributed by atoms with Crippen LogP contribution in [-0.2, 0) is 11.3 Å². The van der Waals surface area contributed by atoms with E-state index in [1.807, 2.05) is 16.4 Å². The smallest absolute Gasteiger partial charge is 0.245 e. The molecule has 5 rings (SSSR count). The maximum absolute atomic E-state index is 14.1. The summed E-state index contributed by atoms with van der Waals surface area (Å²) < 4.78 is 22.1. The molecule has 1 aliphatic heterocycles. The number of aryl methyl sites for hydroxylation is 2. The maximum Gasteiger partial charge on any atom is 0.245 e. The van der Waals surface area contributed by atoms with Gasteiger partial charge in [-0.25, -0.2) is 14.4 Å². The molecule has 1 saturated carbocycles. The molecule has 156 valence electrons. The molecule has 2 fully saturated rings. The lowest BCUT2D eigenvalue weighted by molar-refractivity contribution is -0.131. The number of carbonyl (C=O) groups excluding carboxylic acids is 1. The van der Waals surface area contributed by atoms with Crippen molar-refractivity contribution < 1.29 is 13.9 Å². The van der Waals surface area contributed by atoms with Gasteiger partial charge in [-0.05, 0) is 32.8 Å². The first-order chi connectivity index (χ1) is 14.5. The summed E-state index contributed by atoms with van der Waals surface area (Å²) in [5.74, 6) is 1.03. The summed E-state index contributed by atoms with van der Waals surface area (Å²) >= 11 is 0. The largest absolute Gasteiger partial charge is 0.471 e. The molecule has 1 aliphatic carbocycles. The van der Waals surface area contributed by atoms with Crippen molar-refractivity contribution in [3.63, 3.8) is 0 Å². The Morgan fingerprint density at radius 1 is 1.27 bits per heavy atom. The molecule has 1 amide bonds. The van der Waals surface area contributed by atoms with Gasteiger partial charge in [-0.1, -0.05) is 0 Å². The zero-order valence-corrected chi connectivity index (χ0v) is 17.0. The first kappa shape index (κ1) is 18.9. The number of nitrogens with zero attached hydrogens (tertiary/aromatic N) is 6. The number of carbonyl (C=O) groups is 1. The van der Waals surface area contributed by atoms with Gasteiger partial charge in [0.05, 0.1) is 12.2 Å². The summed E-state index contributed by atoms with van der Waals surface area (Å²) in [5.41, 5.74) is 2.07. The minimum Gasteiger partial charge on any atom is -0.471 e. The minimum atomic E-state index is -0.379. The van der Waals surface area contributed by atoms with Crippen molar-refractivity contribution >= 4 is 17.1 Å². The minimum absolute atomic E-state index is 0.125. The summed E-state index contributed by atoms with van der Waals surface area (Å²) in [6.45, 7) is 5.47. The van der Waals surface area contributed by atoms with Crippen LogP contribution in [0.25, 0.3) is 22.6 Å². The van der Waals surface area contributed by atoms with Gasteiger partial charge in [0.25, 0.3) is 0 Å². The highest BCUT2D eigenvalue weighted by atomic mass is 19.1. The Labute approximate surface area is 173 Å². The van der Waals surface area contributed by atoms with E-state index in [1.165, 1.54) is 12.4 Å². The third-order valence-corrected chi connectivity index (χ3v) is 5.76. The number of aromatic nitrogens is 5. The van der Waals surface area contributed by atoms with E-state index in [0.717, 1.165) is 19.3 Å². The lowest BCUT2D eigenvalue weighted by Crippen LogP contribution is -2.32. The second-order valence-electron chi connectivity index (χ2n) is 7.91. The lowest BCUT2D eigenvalue weighted by Gasteiger charge is -2.16. The number of hydrogen-bond acceptors (Lipinski definition) is 6. The Morgan fingerprint density at radius 2 is 2.10 bits per heavy atom. The van der Waals surface area contributed by atoms with Crippen molar-refractivity contribution in [3.8, 4) is 17.3 Å². The summed E-state index contributed by atoms with van der Waals surface area (Å²) in [6, 6.07) is 1.43. The standard InChI is InChI=1S/C21H23FN6O2/c1-3-28-18(14-8-16(22)12(2)23-9-14)26-17-19(28)24-11-25-20(17)30-15-6-7-27(10-15)21(29)13-4-5-13/h8-9,11,13,15H,3-7,10H2,1-2H3. The normalized spacial score (nSPS) is 18.9. The molecule has 1 unspecified atom stereocenters. The Balaban J connectivity index is 1.45. The molecule has 4 heterocycles. The monoisotopic (exact) mass is 410 g/mol. The highest BCUT2D eigenvalue weighted by molar-refractivity contribution is 5.82. The zero-order valence-electron chi connectivity index (χ0n) is 17.0. The van der Waals surface area contributed by atoms with Crippen LogP contribution in [0, 0.1) is 18.7 Å². The van der Waals surface area contributed by atoms with Crippen LogP contribution in [0.15, 0.2) is 18.6 Å². The van der Waals surface area contributed by atoms with Crippen LogP contribution in [0.1, 0.15) is 31.9 Å². The first-order valence-corrected chi connectivity index (χ1v) is 10.3. The third-order valence-electron chi connectivity index (χ3n) is 5.76. The molecule has 8 nitrogen and oxygen atoms in total. The Bertz CT molecular complexity index is 1130. The predicted molar refractivity (Wildman–Crippen MR) is 107 cm³/mol. The van der Waals surface area contributed by atoms with Gasteiger partial charge in [-0.3, -0.25) is 9.78 Å². The van der Waals surface area contributed by atoms with Gasteiger partial charge in [0.1, 0.15) is 24.1 Å². The quantitative estimate of drug-likeness (QED) is 0.643. The van der Waals surface area contributed by atoms with Crippen molar-refractivity contribution in [1.29, 1.82) is 0 Å². The summed E-state index contributed by atoms with van der Waals surface area (Å²) in [7, 11) is 0. The maximum atomic E-state index is 14.1. The van der Waals surface area contributed by atoms with Crippen molar-refractivity contribution in [2.45, 2.75) is 45.8 Å². The summed E-state index contributed by atoms with van der Waals surface area (Å²) in [6.07, 6.45) is 5.69. The Hall–Kier alpha value is -3.10. The number of pyridine rings is 1. The highest BCUT2D eigenvalue weighted by Gasteiger charge is 2.37. The molecule has 0 spiro atoms. The zero-order chi connectivity index (χ0) is 20.8. The van der Waals surface area contributed by atoms with Gasteiger partial charge < -0.3 is 14.2 Å². The van der Waals surface area contributed by atoms with Crippen LogP contribution in [-0.4, -0.2) is 54.5 Å². The average molecular weight is 410 g/mol. The SMILES string of the molecule is CCn1c(-c2cnc(C)c(F)c2)nc2c(OC3CCN(C(=O)C4CC4)C3)ncnc21. The van der Waals surface area contributed by atoms with E-state index < -0.39 is 0 Å². The van der Waals surface area contributed by atoms with Crippen molar-refractivity contribution in [2.24, 2.45) is 5.92 Å². The highest BCUT2D eigenvalue weighted by Crippen LogP contribution is 2.33. The lowest BCUT2D eigenvalue weighted by atomic mass is 10.2. The summed E-state index contributed by atoms with van der Waals surface area (Å²) in [5, 5.41) is 0. The summed E-state index contributed by atoms with van der Waals surface area (Å²) in [4.78, 5) is 31.7. The first-order valence-electron chi connectivity index (χ1n) is 10.3. The second-order valence-corrected chi connectivity index (χ2v) is 7.91. The van der Waals surface area contributed by atoms with Crippen molar-refractivity contribution in [3.05, 3.63) is 30.1 Å². The predicted octanol–water partition coefficient (Wildman–Crippen LogP) is 2.75. The van der Waals surface area contributed by atoms with Gasteiger partial charge in [0, 0.05) is 37.2 Å². The number of halogens is 1. The Morgan fingerprint density at radius 3 is 2.83 bits per heavy atom. The van der Waals surface area contributed by atoms with Crippen molar-refractivity contribution in [2.75, 3.05) is 13.1 Å². The molecule has 1 atom stereocenters. The fourth-order valence-corrected chi connectivity index (χ4v) is 3.92. The number of amides is 1. The van der Waals surface area contributed by atoms with E-state index in [2.05, 4.69) is 19.9 Å². The fourth-order valence-electron chi connectivity index (χ4n) is 3.92. The number of hydrogen-bond donors (Lipinski definition) is 0. The number of ether oxygens (including phenoxy) is 1. The molecular formula is C21H23FN6O2. The number of rotatable bonds is 5. The fraction of sp³-hybridized carbons (Fsp3) is 0.476. The van der Waals surface area contributed by atoms with Gasteiger partial charge in [-0.15, -0.1) is 0 Å². The molecule has 3 aromatic heterocycles. The molecule has 0 N–H and O–H groups in total.